The van der Waals surface area contributed by atoms with Gasteiger partial charge in [0.25, 0.3) is 0 Å². The summed E-state index contributed by atoms with van der Waals surface area (Å²) >= 11 is 3.30. The van der Waals surface area contributed by atoms with Gasteiger partial charge in [-0.3, -0.25) is 4.79 Å². The third kappa shape index (κ3) is 4.13. The molecule has 21 heavy (non-hydrogen) atoms. The molecule has 0 unspecified atom stereocenters. The second-order valence-electron chi connectivity index (χ2n) is 4.35. The van der Waals surface area contributed by atoms with Gasteiger partial charge in [0.05, 0.1) is 12.0 Å². The number of carbonyl (C=O) groups excluding carboxylic acids is 1. The van der Waals surface area contributed by atoms with Gasteiger partial charge in [-0.25, -0.2) is 9.18 Å². The number of hydrogen-bond acceptors (Lipinski definition) is 2. The van der Waals surface area contributed by atoms with Gasteiger partial charge >= 0.3 is 5.97 Å². The number of amides is 1. The van der Waals surface area contributed by atoms with Crippen LogP contribution in [0.4, 0.5) is 10.1 Å². The third-order valence-electron chi connectivity index (χ3n) is 2.76. The number of halogens is 2. The zero-order chi connectivity index (χ0) is 15.4. The highest BCUT2D eigenvalue weighted by Gasteiger charge is 2.11. The average molecular weight is 352 g/mol. The van der Waals surface area contributed by atoms with Gasteiger partial charge in [-0.1, -0.05) is 28.1 Å². The van der Waals surface area contributed by atoms with E-state index >= 15 is 0 Å². The first kappa shape index (κ1) is 15.2. The van der Waals surface area contributed by atoms with E-state index in [0.717, 1.165) is 22.2 Å². The molecule has 2 aromatic carbocycles. The maximum absolute atomic E-state index is 13.5. The third-order valence-corrected chi connectivity index (χ3v) is 3.29. The minimum absolute atomic E-state index is 0.148. The second kappa shape index (κ2) is 6.49. The van der Waals surface area contributed by atoms with Gasteiger partial charge in [0.15, 0.2) is 0 Å². The molecule has 0 saturated carbocycles. The Labute approximate surface area is 128 Å². The van der Waals surface area contributed by atoms with Crippen molar-refractivity contribution in [3.8, 4) is 0 Å². The Morgan fingerprint density at radius 2 is 1.81 bits per heavy atom. The molecule has 2 rings (SSSR count). The molecule has 0 aliphatic rings. The molecule has 0 fully saturated rings. The Morgan fingerprint density at radius 3 is 2.38 bits per heavy atom. The molecule has 1 amide bonds. The van der Waals surface area contributed by atoms with Crippen LogP contribution in [0.5, 0.6) is 0 Å². The molecule has 0 bridgehead atoms. The molecule has 6 heteroatoms. The van der Waals surface area contributed by atoms with Crippen molar-refractivity contribution in [1.29, 1.82) is 0 Å². The maximum atomic E-state index is 13.5. The van der Waals surface area contributed by atoms with Crippen LogP contribution in [0.1, 0.15) is 15.9 Å². The number of nitrogens with one attached hydrogen (secondary N) is 1. The Balaban J connectivity index is 2.04. The molecular weight excluding hydrogens is 341 g/mol. The number of rotatable bonds is 4. The van der Waals surface area contributed by atoms with Crippen LogP contribution in [-0.4, -0.2) is 17.0 Å². The van der Waals surface area contributed by atoms with Crippen LogP contribution >= 0.6 is 15.9 Å². The number of carboxylic acid groups (broad SMARTS) is 1. The lowest BCUT2D eigenvalue weighted by Gasteiger charge is -2.06. The first-order valence-electron chi connectivity index (χ1n) is 6.03. The van der Waals surface area contributed by atoms with E-state index in [2.05, 4.69) is 21.2 Å². The molecule has 108 valence electrons. The van der Waals surface area contributed by atoms with E-state index in [1.807, 2.05) is 12.1 Å². The summed E-state index contributed by atoms with van der Waals surface area (Å²) in [5.41, 5.74) is 0.610. The van der Waals surface area contributed by atoms with Gasteiger partial charge in [-0.05, 0) is 35.9 Å². The first-order valence-corrected chi connectivity index (χ1v) is 6.82. The van der Waals surface area contributed by atoms with Gasteiger partial charge in [-0.15, -0.1) is 0 Å². The maximum Gasteiger partial charge on any atom is 0.338 e. The number of carboxylic acids is 1. The van der Waals surface area contributed by atoms with Crippen LogP contribution in [0.25, 0.3) is 0 Å². The molecule has 0 aliphatic heterocycles. The highest BCUT2D eigenvalue weighted by Crippen LogP contribution is 2.16. The molecule has 0 atom stereocenters. The second-order valence-corrected chi connectivity index (χ2v) is 5.27. The normalized spacial score (nSPS) is 10.2. The van der Waals surface area contributed by atoms with Crippen LogP contribution in [0.15, 0.2) is 46.9 Å². The van der Waals surface area contributed by atoms with E-state index in [0.29, 0.717) is 0 Å². The lowest BCUT2D eigenvalue weighted by Crippen LogP contribution is -2.14. The van der Waals surface area contributed by atoms with E-state index < -0.39 is 17.3 Å². The van der Waals surface area contributed by atoms with E-state index in [-0.39, 0.29) is 18.0 Å². The summed E-state index contributed by atoms with van der Waals surface area (Å²) in [5, 5.41) is 11.3. The van der Waals surface area contributed by atoms with E-state index in [4.69, 9.17) is 5.11 Å². The highest BCUT2D eigenvalue weighted by atomic mass is 79.9. The summed E-state index contributed by atoms with van der Waals surface area (Å²) in [7, 11) is 0. The van der Waals surface area contributed by atoms with Crippen LogP contribution in [0.3, 0.4) is 0 Å². The van der Waals surface area contributed by atoms with Crippen LogP contribution in [0.2, 0.25) is 0 Å². The highest BCUT2D eigenvalue weighted by molar-refractivity contribution is 9.10. The Hall–Kier alpha value is -2.21. The summed E-state index contributed by atoms with van der Waals surface area (Å²) in [6.45, 7) is 0. The number of aromatic carboxylic acids is 1. The minimum atomic E-state index is -1.35. The Kier molecular flexibility index (Phi) is 4.70. The molecule has 0 aromatic heterocycles. The lowest BCUT2D eigenvalue weighted by molar-refractivity contribution is -0.115. The predicted molar refractivity (Wildman–Crippen MR) is 79.8 cm³/mol. The molecule has 4 nitrogen and oxygen atoms in total. The molecule has 0 heterocycles. The van der Waals surface area contributed by atoms with Gasteiger partial charge in [0, 0.05) is 10.2 Å². The van der Waals surface area contributed by atoms with Crippen molar-refractivity contribution in [3.05, 3.63) is 63.9 Å². The quantitative estimate of drug-likeness (QED) is 0.886. The van der Waals surface area contributed by atoms with E-state index in [9.17, 15) is 14.0 Å². The van der Waals surface area contributed by atoms with Crippen LogP contribution < -0.4 is 5.32 Å². The van der Waals surface area contributed by atoms with Crippen molar-refractivity contribution >= 4 is 33.5 Å². The number of hydrogen-bond donors (Lipinski definition) is 2. The zero-order valence-electron chi connectivity index (χ0n) is 10.8. The molecule has 0 radical (unpaired) electrons. The minimum Gasteiger partial charge on any atom is -0.478 e. The molecule has 0 saturated heterocycles. The monoisotopic (exact) mass is 351 g/mol. The number of carbonyl (C=O) groups is 2. The van der Waals surface area contributed by atoms with Gasteiger partial charge in [0.2, 0.25) is 5.91 Å². The van der Waals surface area contributed by atoms with Gasteiger partial charge in [0.1, 0.15) is 5.82 Å². The lowest BCUT2D eigenvalue weighted by atomic mass is 10.1. The molecule has 0 spiro atoms. The fourth-order valence-corrected chi connectivity index (χ4v) is 2.02. The summed E-state index contributed by atoms with van der Waals surface area (Å²) in [6.07, 6.45) is 0.148. The topological polar surface area (TPSA) is 66.4 Å². The van der Waals surface area contributed by atoms with Crippen molar-refractivity contribution in [1.82, 2.24) is 0 Å². The van der Waals surface area contributed by atoms with Gasteiger partial charge in [-0.2, -0.15) is 0 Å². The van der Waals surface area contributed by atoms with Gasteiger partial charge < -0.3 is 10.4 Å². The Bertz CT molecular complexity index is 686. The summed E-state index contributed by atoms with van der Waals surface area (Å²) in [4.78, 5) is 22.5. The fraction of sp³-hybridized carbons (Fsp3) is 0.0667. The largest absolute Gasteiger partial charge is 0.478 e. The van der Waals surface area contributed by atoms with E-state index in [1.54, 1.807) is 12.1 Å². The molecule has 2 aromatic rings. The smallest absolute Gasteiger partial charge is 0.338 e. The standard InChI is InChI=1S/C15H11BrFNO3/c16-10-3-1-9(2-4-10)7-14(19)18-11-5-6-12(15(20)21)13(17)8-11/h1-6,8H,7H2,(H,18,19)(H,20,21). The predicted octanol–water partition coefficient (Wildman–Crippen LogP) is 3.47. The van der Waals surface area contributed by atoms with Crippen molar-refractivity contribution in [2.75, 3.05) is 5.32 Å². The number of anilines is 1. The average Bonchev–Trinajstić information content (AvgIpc) is 2.41. The van der Waals surface area contributed by atoms with Crippen LogP contribution in [0, 0.1) is 5.82 Å². The van der Waals surface area contributed by atoms with E-state index in [1.165, 1.54) is 6.07 Å². The molecular formula is C15H11BrFNO3. The summed E-state index contributed by atoms with van der Waals surface area (Å²) in [5.74, 6) is -2.54. The van der Waals surface area contributed by atoms with Crippen LogP contribution in [-0.2, 0) is 11.2 Å². The van der Waals surface area contributed by atoms with Crippen molar-refractivity contribution in [2.24, 2.45) is 0 Å². The SMILES string of the molecule is O=C(Cc1ccc(Br)cc1)Nc1ccc(C(=O)O)c(F)c1. The molecule has 2 N–H and O–H groups in total. The van der Waals surface area contributed by atoms with Crippen molar-refractivity contribution in [3.63, 3.8) is 0 Å². The summed E-state index contributed by atoms with van der Waals surface area (Å²) in [6, 6.07) is 10.7. The molecule has 0 aliphatic carbocycles. The number of benzene rings is 2. The fourth-order valence-electron chi connectivity index (χ4n) is 1.76. The zero-order valence-corrected chi connectivity index (χ0v) is 12.4. The summed E-state index contributed by atoms with van der Waals surface area (Å²) < 4.78 is 14.4. The Morgan fingerprint density at radius 1 is 1.14 bits per heavy atom. The van der Waals surface area contributed by atoms with Crippen molar-refractivity contribution < 1.29 is 19.1 Å². The van der Waals surface area contributed by atoms with Crippen molar-refractivity contribution in [2.45, 2.75) is 6.42 Å². The first-order chi connectivity index (χ1) is 9.95.